The molecule has 0 aliphatic carbocycles. The van der Waals surface area contributed by atoms with Crippen LogP contribution in [-0.4, -0.2) is 19.2 Å². The fourth-order valence-corrected chi connectivity index (χ4v) is 2.79. The highest BCUT2D eigenvalue weighted by Crippen LogP contribution is 2.13. The first kappa shape index (κ1) is 11.1. The van der Waals surface area contributed by atoms with Gasteiger partial charge in [-0.2, -0.15) is 0 Å². The van der Waals surface area contributed by atoms with Gasteiger partial charge in [0, 0.05) is 4.90 Å². The van der Waals surface area contributed by atoms with E-state index in [2.05, 4.69) is 10.3 Å². The molecule has 2 aromatic carbocycles. The Hall–Kier alpha value is -2.01. The van der Waals surface area contributed by atoms with Crippen molar-refractivity contribution in [2.45, 2.75) is 10.8 Å². The molecule has 90 valence electrons. The quantitative estimate of drug-likeness (QED) is 0.722. The van der Waals surface area contributed by atoms with E-state index >= 15 is 0 Å². The number of fused-ring (bicyclic) bond motifs is 1. The minimum absolute atomic E-state index is 0.324. The van der Waals surface area contributed by atoms with Crippen LogP contribution in [0.25, 0.3) is 11.0 Å². The largest absolute Gasteiger partial charge is 0.252 e. The van der Waals surface area contributed by atoms with Crippen molar-refractivity contribution >= 4 is 21.8 Å². The number of aromatic nitrogens is 3. The standard InChI is InChI=1S/C13H11N3OS/c17-18(11-6-2-1-3-7-11)10-16-13-9-5-4-8-12(13)14-15-16/h1-9H,10H2. The second kappa shape index (κ2) is 4.70. The summed E-state index contributed by atoms with van der Waals surface area (Å²) in [6.07, 6.45) is 0. The molecule has 0 amide bonds. The molecular weight excluding hydrogens is 246 g/mol. The molecule has 0 N–H and O–H groups in total. The highest BCUT2D eigenvalue weighted by molar-refractivity contribution is 7.84. The molecule has 0 aliphatic heterocycles. The molecule has 4 nitrogen and oxygen atoms in total. The molecule has 0 bridgehead atoms. The minimum Gasteiger partial charge on any atom is -0.252 e. The van der Waals surface area contributed by atoms with Gasteiger partial charge in [-0.1, -0.05) is 35.5 Å². The third-order valence-corrected chi connectivity index (χ3v) is 3.94. The zero-order chi connectivity index (χ0) is 12.4. The lowest BCUT2D eigenvalue weighted by Crippen LogP contribution is -2.06. The summed E-state index contributed by atoms with van der Waals surface area (Å²) in [7, 11) is -1.11. The first-order valence-corrected chi connectivity index (χ1v) is 6.88. The van der Waals surface area contributed by atoms with Crippen molar-refractivity contribution in [2.75, 3.05) is 0 Å². The summed E-state index contributed by atoms with van der Waals surface area (Å²) in [5, 5.41) is 8.08. The molecule has 1 unspecified atom stereocenters. The van der Waals surface area contributed by atoms with Gasteiger partial charge in [0.2, 0.25) is 0 Å². The Morgan fingerprint density at radius 2 is 1.72 bits per heavy atom. The maximum atomic E-state index is 12.2. The van der Waals surface area contributed by atoms with Crippen molar-refractivity contribution in [3.8, 4) is 0 Å². The number of rotatable bonds is 3. The Morgan fingerprint density at radius 3 is 2.56 bits per heavy atom. The lowest BCUT2D eigenvalue weighted by atomic mass is 10.3. The smallest absolute Gasteiger partial charge is 0.123 e. The fraction of sp³-hybridized carbons (Fsp3) is 0.0769. The molecular formula is C13H11N3OS. The highest BCUT2D eigenvalue weighted by Gasteiger charge is 2.08. The van der Waals surface area contributed by atoms with Crippen LogP contribution in [0.15, 0.2) is 59.5 Å². The lowest BCUT2D eigenvalue weighted by Gasteiger charge is -2.02. The number of benzene rings is 2. The maximum absolute atomic E-state index is 12.2. The molecule has 0 radical (unpaired) electrons. The molecule has 0 saturated heterocycles. The van der Waals surface area contributed by atoms with Gasteiger partial charge in [0.1, 0.15) is 11.4 Å². The average molecular weight is 257 g/mol. The summed E-state index contributed by atoms with van der Waals surface area (Å²) in [4.78, 5) is 0.803. The van der Waals surface area contributed by atoms with Gasteiger partial charge < -0.3 is 0 Å². The van der Waals surface area contributed by atoms with Gasteiger partial charge in [-0.25, -0.2) is 4.68 Å². The summed E-state index contributed by atoms with van der Waals surface area (Å²) >= 11 is 0. The van der Waals surface area contributed by atoms with Gasteiger partial charge in [0.05, 0.1) is 16.3 Å². The van der Waals surface area contributed by atoms with E-state index in [4.69, 9.17) is 0 Å². The first-order valence-electron chi connectivity index (χ1n) is 5.56. The number of hydrogen-bond acceptors (Lipinski definition) is 3. The van der Waals surface area contributed by atoms with Gasteiger partial charge in [-0.3, -0.25) is 4.21 Å². The molecule has 3 rings (SSSR count). The number of nitrogens with zero attached hydrogens (tertiary/aromatic N) is 3. The van der Waals surface area contributed by atoms with E-state index in [1.54, 1.807) is 4.68 Å². The summed E-state index contributed by atoms with van der Waals surface area (Å²) < 4.78 is 13.9. The highest BCUT2D eigenvalue weighted by atomic mass is 32.2. The summed E-state index contributed by atoms with van der Waals surface area (Å²) in [6, 6.07) is 17.0. The predicted molar refractivity (Wildman–Crippen MR) is 70.4 cm³/mol. The van der Waals surface area contributed by atoms with E-state index in [9.17, 15) is 4.21 Å². The third-order valence-electron chi connectivity index (χ3n) is 2.67. The van der Waals surface area contributed by atoms with Gasteiger partial charge >= 0.3 is 0 Å². The molecule has 0 aliphatic rings. The Balaban J connectivity index is 1.91. The van der Waals surface area contributed by atoms with Crippen LogP contribution in [0.5, 0.6) is 0 Å². The first-order chi connectivity index (χ1) is 8.84. The van der Waals surface area contributed by atoms with Crippen LogP contribution in [0.1, 0.15) is 0 Å². The normalized spacial score (nSPS) is 12.7. The topological polar surface area (TPSA) is 47.8 Å². The van der Waals surface area contributed by atoms with Gasteiger partial charge in [-0.05, 0) is 24.3 Å². The Morgan fingerprint density at radius 1 is 1.00 bits per heavy atom. The minimum atomic E-state index is -1.11. The molecule has 0 saturated carbocycles. The van der Waals surface area contributed by atoms with Crippen molar-refractivity contribution < 1.29 is 4.21 Å². The molecule has 0 spiro atoms. The maximum Gasteiger partial charge on any atom is 0.123 e. The van der Waals surface area contributed by atoms with E-state index in [0.717, 1.165) is 15.9 Å². The van der Waals surface area contributed by atoms with Crippen LogP contribution in [-0.2, 0) is 16.7 Å². The molecule has 1 atom stereocenters. The van der Waals surface area contributed by atoms with Crippen molar-refractivity contribution in [3.63, 3.8) is 0 Å². The van der Waals surface area contributed by atoms with Crippen molar-refractivity contribution in [1.29, 1.82) is 0 Å². The van der Waals surface area contributed by atoms with Gasteiger partial charge in [0.15, 0.2) is 0 Å². The van der Waals surface area contributed by atoms with Crippen LogP contribution in [0.4, 0.5) is 0 Å². The molecule has 1 heterocycles. The fourth-order valence-electron chi connectivity index (χ4n) is 1.77. The summed E-state index contributed by atoms with van der Waals surface area (Å²) in [5.74, 6) is 0.324. The zero-order valence-electron chi connectivity index (χ0n) is 9.56. The SMILES string of the molecule is O=S(Cn1nnc2ccccc21)c1ccccc1. The lowest BCUT2D eigenvalue weighted by molar-refractivity contribution is 0.654. The summed E-state index contributed by atoms with van der Waals surface area (Å²) in [6.45, 7) is 0. The molecule has 5 heteroatoms. The van der Waals surface area contributed by atoms with Crippen LogP contribution < -0.4 is 0 Å². The Bertz CT molecular complexity index is 694. The third kappa shape index (κ3) is 2.04. The van der Waals surface area contributed by atoms with Crippen LogP contribution in [0.3, 0.4) is 0 Å². The molecule has 0 fully saturated rings. The van der Waals surface area contributed by atoms with Crippen molar-refractivity contribution in [2.24, 2.45) is 0 Å². The average Bonchev–Trinajstić information content (AvgIpc) is 2.83. The second-order valence-electron chi connectivity index (χ2n) is 3.87. The molecule has 3 aromatic rings. The van der Waals surface area contributed by atoms with Crippen molar-refractivity contribution in [1.82, 2.24) is 15.0 Å². The number of para-hydroxylation sites is 1. The predicted octanol–water partition coefficient (Wildman–Crippen LogP) is 2.20. The van der Waals surface area contributed by atoms with Crippen molar-refractivity contribution in [3.05, 3.63) is 54.6 Å². The Labute approximate surface area is 107 Å². The van der Waals surface area contributed by atoms with E-state index in [1.165, 1.54) is 0 Å². The van der Waals surface area contributed by atoms with E-state index in [1.807, 2.05) is 54.6 Å². The van der Waals surface area contributed by atoms with E-state index in [0.29, 0.717) is 5.88 Å². The molecule has 1 aromatic heterocycles. The number of hydrogen-bond donors (Lipinski definition) is 0. The van der Waals surface area contributed by atoms with Crippen LogP contribution >= 0.6 is 0 Å². The Kier molecular flexibility index (Phi) is 2.90. The zero-order valence-corrected chi connectivity index (χ0v) is 10.4. The molecule has 18 heavy (non-hydrogen) atoms. The second-order valence-corrected chi connectivity index (χ2v) is 5.29. The van der Waals surface area contributed by atoms with E-state index < -0.39 is 10.8 Å². The summed E-state index contributed by atoms with van der Waals surface area (Å²) in [5.41, 5.74) is 1.73. The van der Waals surface area contributed by atoms with Crippen LogP contribution in [0.2, 0.25) is 0 Å². The van der Waals surface area contributed by atoms with Crippen LogP contribution in [0, 0.1) is 0 Å². The van der Waals surface area contributed by atoms with Gasteiger partial charge in [-0.15, -0.1) is 5.10 Å². The van der Waals surface area contributed by atoms with Gasteiger partial charge in [0.25, 0.3) is 0 Å². The van der Waals surface area contributed by atoms with E-state index in [-0.39, 0.29) is 0 Å². The monoisotopic (exact) mass is 257 g/mol.